The Hall–Kier alpha value is -1.10. The lowest BCUT2D eigenvalue weighted by Crippen LogP contribution is -2.49. The van der Waals surface area contributed by atoms with Crippen LogP contribution in [0.5, 0.6) is 0 Å². The van der Waals surface area contributed by atoms with Crippen molar-refractivity contribution in [1.29, 1.82) is 0 Å². The van der Waals surface area contributed by atoms with Gasteiger partial charge in [0.15, 0.2) is 0 Å². The number of likely N-dealkylation sites (tertiary alicyclic amines) is 1. The minimum Gasteiger partial charge on any atom is -0.359 e. The molecule has 0 aromatic rings. The number of hydrogen-bond donors (Lipinski definition) is 2. The van der Waals surface area contributed by atoms with E-state index in [1.54, 1.807) is 11.9 Å². The summed E-state index contributed by atoms with van der Waals surface area (Å²) in [5.41, 5.74) is 5.62. The summed E-state index contributed by atoms with van der Waals surface area (Å²) >= 11 is 0. The maximum atomic E-state index is 11.5. The van der Waals surface area contributed by atoms with Crippen LogP contribution in [0.1, 0.15) is 19.3 Å². The van der Waals surface area contributed by atoms with Gasteiger partial charge in [0.2, 0.25) is 11.8 Å². The number of hydrogen-bond acceptors (Lipinski definition) is 3. The maximum Gasteiger partial charge on any atom is 0.239 e. The van der Waals surface area contributed by atoms with E-state index in [0.717, 1.165) is 19.4 Å². The summed E-state index contributed by atoms with van der Waals surface area (Å²) in [5.74, 6) is -0.0721. The van der Waals surface area contributed by atoms with Crippen LogP contribution >= 0.6 is 0 Å². The topological polar surface area (TPSA) is 75.4 Å². The number of nitrogens with zero attached hydrogens (tertiary/aromatic N) is 1. The molecule has 0 aromatic heterocycles. The molecular weight excluding hydrogens is 182 g/mol. The van der Waals surface area contributed by atoms with Gasteiger partial charge in [-0.1, -0.05) is 0 Å². The molecule has 0 aliphatic carbocycles. The summed E-state index contributed by atoms with van der Waals surface area (Å²) in [6.45, 7) is 1.20. The molecule has 0 spiro atoms. The zero-order valence-electron chi connectivity index (χ0n) is 8.45. The number of nitrogens with one attached hydrogen (secondary N) is 1. The zero-order valence-corrected chi connectivity index (χ0v) is 8.45. The Bertz CT molecular complexity index is 230. The van der Waals surface area contributed by atoms with E-state index in [1.807, 2.05) is 0 Å². The average Bonchev–Trinajstić information content (AvgIpc) is 2.20. The van der Waals surface area contributed by atoms with E-state index in [2.05, 4.69) is 5.32 Å². The molecule has 0 saturated carbocycles. The summed E-state index contributed by atoms with van der Waals surface area (Å²) in [5, 5.41) is 2.52. The van der Waals surface area contributed by atoms with Crippen molar-refractivity contribution in [2.24, 2.45) is 5.73 Å². The van der Waals surface area contributed by atoms with Gasteiger partial charge in [-0.3, -0.25) is 9.59 Å². The van der Waals surface area contributed by atoms with Crippen LogP contribution in [0.2, 0.25) is 0 Å². The summed E-state index contributed by atoms with van der Waals surface area (Å²) < 4.78 is 0. The van der Waals surface area contributed by atoms with Crippen molar-refractivity contribution in [3.63, 3.8) is 0 Å². The van der Waals surface area contributed by atoms with Crippen LogP contribution in [0.15, 0.2) is 0 Å². The molecule has 80 valence electrons. The first-order valence-corrected chi connectivity index (χ1v) is 4.90. The molecule has 1 aliphatic heterocycles. The van der Waals surface area contributed by atoms with E-state index < -0.39 is 0 Å². The molecule has 1 unspecified atom stereocenters. The van der Waals surface area contributed by atoms with E-state index in [0.29, 0.717) is 13.0 Å². The molecule has 14 heavy (non-hydrogen) atoms. The first kappa shape index (κ1) is 11.0. The van der Waals surface area contributed by atoms with Crippen molar-refractivity contribution in [2.75, 3.05) is 20.1 Å². The number of carbonyl (C=O) groups is 2. The van der Waals surface area contributed by atoms with E-state index >= 15 is 0 Å². The molecule has 1 heterocycles. The maximum absolute atomic E-state index is 11.5. The van der Waals surface area contributed by atoms with Crippen LogP contribution in [-0.4, -0.2) is 42.9 Å². The molecule has 1 aliphatic rings. The number of carbonyl (C=O) groups excluding carboxylic acids is 2. The smallest absolute Gasteiger partial charge is 0.239 e. The molecule has 0 aromatic carbocycles. The summed E-state index contributed by atoms with van der Waals surface area (Å²) in [4.78, 5) is 24.1. The standard InChI is InChI=1S/C9H17N3O2/c1-11-8(13)4-6-12-5-2-3-7(10)9(12)14/h7H,2-6,10H2,1H3,(H,11,13). The molecule has 1 atom stereocenters. The Balaban J connectivity index is 2.36. The van der Waals surface area contributed by atoms with Crippen molar-refractivity contribution >= 4 is 11.8 Å². The fraction of sp³-hybridized carbons (Fsp3) is 0.778. The predicted molar refractivity (Wildman–Crippen MR) is 52.5 cm³/mol. The first-order valence-electron chi connectivity index (χ1n) is 4.90. The molecule has 1 rings (SSSR count). The normalized spacial score (nSPS) is 22.3. The second kappa shape index (κ2) is 4.95. The summed E-state index contributed by atoms with van der Waals surface area (Å²) in [7, 11) is 1.59. The van der Waals surface area contributed by atoms with E-state index in [1.165, 1.54) is 0 Å². The van der Waals surface area contributed by atoms with E-state index in [-0.39, 0.29) is 17.9 Å². The van der Waals surface area contributed by atoms with Gasteiger partial charge >= 0.3 is 0 Å². The number of amides is 2. The quantitative estimate of drug-likeness (QED) is 0.616. The minimum absolute atomic E-state index is 0.0276. The average molecular weight is 199 g/mol. The third kappa shape index (κ3) is 2.70. The van der Waals surface area contributed by atoms with Crippen LogP contribution in [0.4, 0.5) is 0 Å². The van der Waals surface area contributed by atoms with Crippen LogP contribution in [-0.2, 0) is 9.59 Å². The van der Waals surface area contributed by atoms with Crippen LogP contribution in [0.25, 0.3) is 0 Å². The van der Waals surface area contributed by atoms with Gasteiger partial charge in [0.1, 0.15) is 0 Å². The largest absolute Gasteiger partial charge is 0.359 e. The van der Waals surface area contributed by atoms with Gasteiger partial charge < -0.3 is 16.0 Å². The second-order valence-corrected chi connectivity index (χ2v) is 3.50. The van der Waals surface area contributed by atoms with Gasteiger partial charge in [-0.15, -0.1) is 0 Å². The Kier molecular flexibility index (Phi) is 3.88. The first-order chi connectivity index (χ1) is 6.65. The Labute approximate surface area is 83.6 Å². The fourth-order valence-corrected chi connectivity index (χ4v) is 1.55. The summed E-state index contributed by atoms with van der Waals surface area (Å²) in [6.07, 6.45) is 2.05. The fourth-order valence-electron chi connectivity index (χ4n) is 1.55. The Morgan fingerprint density at radius 3 is 3.07 bits per heavy atom. The zero-order chi connectivity index (χ0) is 10.6. The van der Waals surface area contributed by atoms with Gasteiger partial charge in [-0.2, -0.15) is 0 Å². The lowest BCUT2D eigenvalue weighted by molar-refractivity contribution is -0.135. The van der Waals surface area contributed by atoms with Crippen LogP contribution in [0, 0.1) is 0 Å². The van der Waals surface area contributed by atoms with Gasteiger partial charge in [-0.25, -0.2) is 0 Å². The molecule has 1 saturated heterocycles. The number of piperidine rings is 1. The molecule has 0 bridgehead atoms. The van der Waals surface area contributed by atoms with Crippen LogP contribution in [0.3, 0.4) is 0 Å². The third-order valence-electron chi connectivity index (χ3n) is 2.46. The lowest BCUT2D eigenvalue weighted by Gasteiger charge is -2.30. The number of nitrogens with two attached hydrogens (primary N) is 1. The van der Waals surface area contributed by atoms with Crippen molar-refractivity contribution in [2.45, 2.75) is 25.3 Å². The van der Waals surface area contributed by atoms with Gasteiger partial charge in [0.25, 0.3) is 0 Å². The van der Waals surface area contributed by atoms with Crippen molar-refractivity contribution < 1.29 is 9.59 Å². The highest BCUT2D eigenvalue weighted by atomic mass is 16.2. The van der Waals surface area contributed by atoms with Crippen molar-refractivity contribution in [1.82, 2.24) is 10.2 Å². The summed E-state index contributed by atoms with van der Waals surface area (Å²) in [6, 6.07) is -0.367. The second-order valence-electron chi connectivity index (χ2n) is 3.50. The van der Waals surface area contributed by atoms with Gasteiger partial charge in [0.05, 0.1) is 6.04 Å². The highest BCUT2D eigenvalue weighted by Gasteiger charge is 2.25. The predicted octanol–water partition coefficient (Wildman–Crippen LogP) is -0.928. The lowest BCUT2D eigenvalue weighted by atomic mass is 10.1. The molecule has 5 heteroatoms. The van der Waals surface area contributed by atoms with E-state index in [9.17, 15) is 9.59 Å². The third-order valence-corrected chi connectivity index (χ3v) is 2.46. The Morgan fingerprint density at radius 2 is 2.43 bits per heavy atom. The molecular formula is C9H17N3O2. The molecule has 5 nitrogen and oxygen atoms in total. The molecule has 3 N–H and O–H groups in total. The van der Waals surface area contributed by atoms with Crippen LogP contribution < -0.4 is 11.1 Å². The Morgan fingerprint density at radius 1 is 1.71 bits per heavy atom. The molecule has 0 radical (unpaired) electrons. The molecule has 1 fully saturated rings. The molecule has 2 amide bonds. The van der Waals surface area contributed by atoms with Gasteiger partial charge in [0, 0.05) is 26.6 Å². The highest BCUT2D eigenvalue weighted by Crippen LogP contribution is 2.09. The van der Waals surface area contributed by atoms with Gasteiger partial charge in [-0.05, 0) is 12.8 Å². The monoisotopic (exact) mass is 199 g/mol. The van der Waals surface area contributed by atoms with E-state index in [4.69, 9.17) is 5.73 Å². The number of rotatable bonds is 3. The minimum atomic E-state index is -0.367. The highest BCUT2D eigenvalue weighted by molar-refractivity contribution is 5.83. The SMILES string of the molecule is CNC(=O)CCN1CCCC(N)C1=O. The van der Waals surface area contributed by atoms with Crippen molar-refractivity contribution in [3.05, 3.63) is 0 Å². The van der Waals surface area contributed by atoms with Crippen molar-refractivity contribution in [3.8, 4) is 0 Å².